The van der Waals surface area contributed by atoms with Crippen molar-refractivity contribution in [3.63, 3.8) is 0 Å². The van der Waals surface area contributed by atoms with Crippen molar-refractivity contribution in [3.05, 3.63) is 77.6 Å². The highest BCUT2D eigenvalue weighted by Crippen LogP contribution is 2.45. The minimum absolute atomic E-state index is 0.0461. The van der Waals surface area contributed by atoms with Gasteiger partial charge >= 0.3 is 0 Å². The van der Waals surface area contributed by atoms with Gasteiger partial charge in [-0.3, -0.25) is 0 Å². The lowest BCUT2D eigenvalue weighted by Gasteiger charge is -2.38. The quantitative estimate of drug-likeness (QED) is 0.193. The predicted molar refractivity (Wildman–Crippen MR) is 141 cm³/mol. The first kappa shape index (κ1) is 27.5. The number of halogens is 4. The zero-order valence-electron chi connectivity index (χ0n) is 21.9. The Labute approximate surface area is 218 Å². The van der Waals surface area contributed by atoms with E-state index in [4.69, 9.17) is 4.74 Å². The fourth-order valence-electron chi connectivity index (χ4n) is 6.41. The highest BCUT2D eigenvalue weighted by Gasteiger charge is 2.33. The second kappa shape index (κ2) is 12.8. The van der Waals surface area contributed by atoms with E-state index in [0.29, 0.717) is 11.5 Å². The standard InChI is InChI=1S/C32H38F4O/c1-3-5-6-7-21-8-10-22(11-9-21)23-12-14-24(15-13-23)25-16-17-26(30(34)29(25)33)27-18-19-28(37-20-4-2)32(36)31(27)35/h3-5,16-24H,6-15H2,1-2H3. The van der Waals surface area contributed by atoms with Crippen molar-refractivity contribution in [2.75, 3.05) is 0 Å². The molecule has 0 amide bonds. The van der Waals surface area contributed by atoms with E-state index >= 15 is 8.78 Å². The topological polar surface area (TPSA) is 9.23 Å². The van der Waals surface area contributed by atoms with E-state index in [1.165, 1.54) is 69.1 Å². The van der Waals surface area contributed by atoms with Gasteiger partial charge in [0.05, 0.1) is 6.26 Å². The predicted octanol–water partition coefficient (Wildman–Crippen LogP) is 10.3. The molecule has 200 valence electrons. The second-order valence-corrected chi connectivity index (χ2v) is 10.7. The van der Waals surface area contributed by atoms with Crippen LogP contribution < -0.4 is 4.74 Å². The highest BCUT2D eigenvalue weighted by molar-refractivity contribution is 5.67. The van der Waals surface area contributed by atoms with E-state index in [9.17, 15) is 8.78 Å². The van der Waals surface area contributed by atoms with Gasteiger partial charge < -0.3 is 4.74 Å². The maximum Gasteiger partial charge on any atom is 0.201 e. The largest absolute Gasteiger partial charge is 0.462 e. The van der Waals surface area contributed by atoms with Crippen LogP contribution in [-0.4, -0.2) is 0 Å². The molecule has 1 nitrogen and oxygen atoms in total. The molecule has 0 heterocycles. The van der Waals surface area contributed by atoms with Gasteiger partial charge in [-0.15, -0.1) is 0 Å². The Kier molecular flexibility index (Phi) is 9.50. The van der Waals surface area contributed by atoms with Crippen molar-refractivity contribution in [1.29, 1.82) is 0 Å². The van der Waals surface area contributed by atoms with Crippen LogP contribution in [0.1, 0.15) is 89.5 Å². The summed E-state index contributed by atoms with van der Waals surface area (Å²) in [6.45, 7) is 3.75. The summed E-state index contributed by atoms with van der Waals surface area (Å²) < 4.78 is 64.4. The van der Waals surface area contributed by atoms with Gasteiger partial charge in [0.15, 0.2) is 23.2 Å². The number of hydrogen-bond donors (Lipinski definition) is 0. The zero-order valence-corrected chi connectivity index (χ0v) is 21.9. The summed E-state index contributed by atoms with van der Waals surface area (Å²) in [6.07, 6.45) is 18.5. The number of hydrogen-bond acceptors (Lipinski definition) is 1. The van der Waals surface area contributed by atoms with E-state index in [2.05, 4.69) is 19.1 Å². The van der Waals surface area contributed by atoms with Crippen LogP contribution in [-0.2, 0) is 0 Å². The molecule has 0 radical (unpaired) electrons. The molecule has 0 bridgehead atoms. The van der Waals surface area contributed by atoms with E-state index in [-0.39, 0.29) is 22.8 Å². The third-order valence-corrected chi connectivity index (χ3v) is 8.53. The summed E-state index contributed by atoms with van der Waals surface area (Å²) in [5.41, 5.74) is -0.255. The first-order valence-electron chi connectivity index (χ1n) is 13.8. The molecule has 0 aliphatic heterocycles. The average molecular weight is 515 g/mol. The van der Waals surface area contributed by atoms with Crippen molar-refractivity contribution in [1.82, 2.24) is 0 Å². The Balaban J connectivity index is 1.39. The Morgan fingerprint density at radius 3 is 1.92 bits per heavy atom. The minimum Gasteiger partial charge on any atom is -0.462 e. The Hall–Kier alpha value is -2.56. The second-order valence-electron chi connectivity index (χ2n) is 10.7. The van der Waals surface area contributed by atoms with Gasteiger partial charge in [0, 0.05) is 11.1 Å². The van der Waals surface area contributed by atoms with Crippen LogP contribution in [0.5, 0.6) is 5.75 Å². The van der Waals surface area contributed by atoms with Gasteiger partial charge in [0.1, 0.15) is 0 Å². The summed E-state index contributed by atoms with van der Waals surface area (Å²) in [6, 6.07) is 5.36. The molecule has 2 aliphatic rings. The number of allylic oxidation sites excluding steroid dienone is 3. The number of benzene rings is 2. The zero-order chi connectivity index (χ0) is 26.4. The van der Waals surface area contributed by atoms with Crippen LogP contribution in [0.4, 0.5) is 17.6 Å². The first-order chi connectivity index (χ1) is 17.9. The van der Waals surface area contributed by atoms with Crippen molar-refractivity contribution < 1.29 is 22.3 Å². The maximum absolute atomic E-state index is 15.2. The lowest BCUT2D eigenvalue weighted by atomic mass is 9.68. The molecule has 4 rings (SSSR count). The molecule has 0 N–H and O–H groups in total. The smallest absolute Gasteiger partial charge is 0.201 e. The van der Waals surface area contributed by atoms with Gasteiger partial charge in [0.2, 0.25) is 5.82 Å². The monoisotopic (exact) mass is 514 g/mol. The molecule has 2 aromatic rings. The van der Waals surface area contributed by atoms with Crippen LogP contribution in [0.25, 0.3) is 11.1 Å². The fraction of sp³-hybridized carbons (Fsp3) is 0.500. The van der Waals surface area contributed by atoms with Crippen molar-refractivity contribution in [2.24, 2.45) is 17.8 Å². The van der Waals surface area contributed by atoms with Crippen molar-refractivity contribution in [2.45, 2.75) is 84.0 Å². The third kappa shape index (κ3) is 6.30. The SMILES string of the molecule is CC=CCCC1CCC(C2CCC(c3ccc(-c4ccc(OC=CC)c(F)c4F)c(F)c3F)CC2)CC1. The van der Waals surface area contributed by atoms with Crippen molar-refractivity contribution in [3.8, 4) is 16.9 Å². The van der Waals surface area contributed by atoms with Gasteiger partial charge in [0.25, 0.3) is 0 Å². The molecular weight excluding hydrogens is 476 g/mol. The molecule has 2 aliphatic carbocycles. The van der Waals surface area contributed by atoms with E-state index in [0.717, 1.165) is 37.5 Å². The van der Waals surface area contributed by atoms with Crippen LogP contribution >= 0.6 is 0 Å². The minimum atomic E-state index is -1.26. The van der Waals surface area contributed by atoms with Crippen molar-refractivity contribution >= 4 is 0 Å². The molecule has 0 spiro atoms. The Bertz CT molecular complexity index is 1110. The first-order valence-corrected chi connectivity index (χ1v) is 13.8. The summed E-state index contributed by atoms with van der Waals surface area (Å²) >= 11 is 0. The molecule has 0 unspecified atom stereocenters. The normalized spacial score (nSPS) is 24.7. The maximum atomic E-state index is 15.2. The molecule has 5 heteroatoms. The molecule has 2 fully saturated rings. The number of rotatable bonds is 8. The van der Waals surface area contributed by atoms with E-state index in [1.807, 2.05) is 0 Å². The molecule has 2 aromatic carbocycles. The summed E-state index contributed by atoms with van der Waals surface area (Å²) in [5.74, 6) is -2.66. The van der Waals surface area contributed by atoms with Crippen LogP contribution in [0.3, 0.4) is 0 Å². The van der Waals surface area contributed by atoms with Crippen LogP contribution in [0.2, 0.25) is 0 Å². The van der Waals surface area contributed by atoms with E-state index < -0.39 is 23.3 Å². The molecule has 0 atom stereocenters. The fourth-order valence-corrected chi connectivity index (χ4v) is 6.41. The summed E-state index contributed by atoms with van der Waals surface area (Å²) in [5, 5.41) is 0. The summed E-state index contributed by atoms with van der Waals surface area (Å²) in [7, 11) is 0. The van der Waals surface area contributed by atoms with Gasteiger partial charge in [-0.2, -0.15) is 4.39 Å². The molecule has 2 saturated carbocycles. The lowest BCUT2D eigenvalue weighted by molar-refractivity contribution is 0.156. The summed E-state index contributed by atoms with van der Waals surface area (Å²) in [4.78, 5) is 0. The Morgan fingerprint density at radius 2 is 1.30 bits per heavy atom. The molecule has 37 heavy (non-hydrogen) atoms. The van der Waals surface area contributed by atoms with Gasteiger partial charge in [-0.05, 0) is 107 Å². The van der Waals surface area contributed by atoms with Crippen LogP contribution in [0, 0.1) is 41.0 Å². The Morgan fingerprint density at radius 1 is 0.703 bits per heavy atom. The number of ether oxygens (including phenoxy) is 1. The molecular formula is C32H38F4O. The average Bonchev–Trinajstić information content (AvgIpc) is 2.92. The highest BCUT2D eigenvalue weighted by atomic mass is 19.2. The molecule has 0 aromatic heterocycles. The van der Waals surface area contributed by atoms with Crippen LogP contribution in [0.15, 0.2) is 48.8 Å². The van der Waals surface area contributed by atoms with Gasteiger partial charge in [-0.1, -0.05) is 43.2 Å². The van der Waals surface area contributed by atoms with E-state index in [1.54, 1.807) is 13.0 Å². The third-order valence-electron chi connectivity index (χ3n) is 8.53. The molecule has 0 saturated heterocycles. The lowest BCUT2D eigenvalue weighted by Crippen LogP contribution is -2.25. The van der Waals surface area contributed by atoms with Gasteiger partial charge in [-0.25, -0.2) is 13.2 Å².